The number of aliphatic hydroxyl groups is 1. The number of nitrogens with zero attached hydrogens (tertiary/aromatic N) is 2. The van der Waals surface area contributed by atoms with E-state index in [4.69, 9.17) is 15.1 Å². The van der Waals surface area contributed by atoms with Crippen molar-refractivity contribution in [2.75, 3.05) is 13.2 Å². The molecule has 6 heteroatoms. The Hall–Kier alpha value is -2.13. The normalized spacial score (nSPS) is 9.33. The molecule has 0 aliphatic rings. The molecule has 0 heterocycles. The molecule has 1 N–H and O–H groups in total. The maximum absolute atomic E-state index is 10.5. The lowest BCUT2D eigenvalue weighted by Gasteiger charge is -2.03. The Morgan fingerprint density at radius 2 is 2.33 bits per heavy atom. The molecule has 6 nitrogen and oxygen atoms in total. The van der Waals surface area contributed by atoms with Gasteiger partial charge in [-0.3, -0.25) is 10.1 Å². The second-order valence-corrected chi connectivity index (χ2v) is 2.62. The van der Waals surface area contributed by atoms with Gasteiger partial charge in [0.1, 0.15) is 24.0 Å². The second kappa shape index (κ2) is 4.93. The summed E-state index contributed by atoms with van der Waals surface area (Å²) >= 11 is 0. The molecular weight excluding hydrogens is 200 g/mol. The number of hydrogen-bond donors (Lipinski definition) is 1. The highest BCUT2D eigenvalue weighted by Crippen LogP contribution is 2.23. The summed E-state index contributed by atoms with van der Waals surface area (Å²) in [6.07, 6.45) is 0. The second-order valence-electron chi connectivity index (χ2n) is 2.62. The van der Waals surface area contributed by atoms with Gasteiger partial charge in [-0.1, -0.05) is 0 Å². The summed E-state index contributed by atoms with van der Waals surface area (Å²) in [7, 11) is 0. The zero-order valence-electron chi connectivity index (χ0n) is 7.71. The highest BCUT2D eigenvalue weighted by atomic mass is 16.6. The number of aliphatic hydroxyl groups excluding tert-OH is 1. The van der Waals surface area contributed by atoms with Crippen LogP contribution in [0.2, 0.25) is 0 Å². The summed E-state index contributed by atoms with van der Waals surface area (Å²) in [4.78, 5) is 9.85. The third kappa shape index (κ3) is 2.65. The SMILES string of the molecule is N#Cc1cc(OCCO)ccc1[N+](=O)[O-]. The van der Waals surface area contributed by atoms with Crippen molar-refractivity contribution in [3.05, 3.63) is 33.9 Å². The fraction of sp³-hybridized carbons (Fsp3) is 0.222. The summed E-state index contributed by atoms with van der Waals surface area (Å²) in [6, 6.07) is 5.56. The molecule has 0 radical (unpaired) electrons. The first-order chi connectivity index (χ1) is 7.19. The molecule has 0 saturated carbocycles. The van der Waals surface area contributed by atoms with Crippen LogP contribution in [0.5, 0.6) is 5.75 Å². The van der Waals surface area contributed by atoms with E-state index in [0.29, 0.717) is 5.75 Å². The average molecular weight is 208 g/mol. The third-order valence-electron chi connectivity index (χ3n) is 1.65. The van der Waals surface area contributed by atoms with E-state index < -0.39 is 4.92 Å². The van der Waals surface area contributed by atoms with Crippen LogP contribution >= 0.6 is 0 Å². The highest BCUT2D eigenvalue weighted by Gasteiger charge is 2.13. The van der Waals surface area contributed by atoms with Crippen LogP contribution in [0.15, 0.2) is 18.2 Å². The van der Waals surface area contributed by atoms with Crippen LogP contribution in [0.4, 0.5) is 5.69 Å². The van der Waals surface area contributed by atoms with Gasteiger partial charge >= 0.3 is 0 Å². The van der Waals surface area contributed by atoms with Gasteiger partial charge in [0.05, 0.1) is 11.5 Å². The number of nitro groups is 1. The summed E-state index contributed by atoms with van der Waals surface area (Å²) in [6.45, 7) is -0.0679. The Labute approximate surface area is 85.5 Å². The minimum atomic E-state index is -0.631. The van der Waals surface area contributed by atoms with Gasteiger partial charge in [0.15, 0.2) is 0 Å². The molecule has 0 aliphatic carbocycles. The average Bonchev–Trinajstić information content (AvgIpc) is 2.25. The van der Waals surface area contributed by atoms with Crippen molar-refractivity contribution >= 4 is 5.69 Å². The van der Waals surface area contributed by atoms with Crippen LogP contribution in [0.3, 0.4) is 0 Å². The Morgan fingerprint density at radius 3 is 2.87 bits per heavy atom. The topological polar surface area (TPSA) is 96.4 Å². The van der Waals surface area contributed by atoms with Crippen LogP contribution < -0.4 is 4.74 Å². The van der Waals surface area contributed by atoms with Crippen molar-refractivity contribution in [3.63, 3.8) is 0 Å². The van der Waals surface area contributed by atoms with E-state index in [1.165, 1.54) is 18.2 Å². The van der Waals surface area contributed by atoms with Crippen molar-refractivity contribution in [3.8, 4) is 11.8 Å². The molecule has 1 rings (SSSR count). The van der Waals surface area contributed by atoms with Crippen LogP contribution in [0, 0.1) is 21.4 Å². The van der Waals surface area contributed by atoms with Crippen molar-refractivity contribution in [1.82, 2.24) is 0 Å². The van der Waals surface area contributed by atoms with Crippen LogP contribution in [0.25, 0.3) is 0 Å². The maximum atomic E-state index is 10.5. The number of rotatable bonds is 4. The fourth-order valence-electron chi connectivity index (χ4n) is 1.02. The first-order valence-electron chi connectivity index (χ1n) is 4.11. The van der Waals surface area contributed by atoms with Crippen LogP contribution in [-0.4, -0.2) is 23.2 Å². The zero-order chi connectivity index (χ0) is 11.3. The van der Waals surface area contributed by atoms with Gasteiger partial charge < -0.3 is 9.84 Å². The molecule has 0 unspecified atom stereocenters. The predicted molar refractivity (Wildman–Crippen MR) is 50.4 cm³/mol. The van der Waals surface area contributed by atoms with E-state index >= 15 is 0 Å². The Balaban J connectivity index is 2.98. The Bertz CT molecular complexity index is 411. The molecule has 0 saturated heterocycles. The van der Waals surface area contributed by atoms with Gasteiger partial charge in [0.2, 0.25) is 0 Å². The monoisotopic (exact) mass is 208 g/mol. The summed E-state index contributed by atoms with van der Waals surface area (Å²) in [5.41, 5.74) is -0.315. The van der Waals surface area contributed by atoms with Crippen molar-refractivity contribution in [2.45, 2.75) is 0 Å². The Morgan fingerprint density at radius 1 is 1.60 bits per heavy atom. The number of nitro benzene ring substituents is 1. The van der Waals surface area contributed by atoms with Gasteiger partial charge in [0, 0.05) is 12.1 Å². The largest absolute Gasteiger partial charge is 0.491 e. The molecule has 0 atom stereocenters. The molecule has 0 amide bonds. The van der Waals surface area contributed by atoms with E-state index in [1.807, 2.05) is 0 Å². The van der Waals surface area contributed by atoms with E-state index in [2.05, 4.69) is 0 Å². The molecule has 0 bridgehead atoms. The van der Waals surface area contributed by atoms with Crippen LogP contribution in [0.1, 0.15) is 5.56 Å². The van der Waals surface area contributed by atoms with E-state index in [0.717, 1.165) is 0 Å². The fourth-order valence-corrected chi connectivity index (χ4v) is 1.02. The molecule has 1 aromatic carbocycles. The standard InChI is InChI=1S/C9H8N2O4/c10-6-7-5-8(15-4-3-12)1-2-9(7)11(13)14/h1-2,5,12H,3-4H2. The maximum Gasteiger partial charge on any atom is 0.287 e. The van der Waals surface area contributed by atoms with Gasteiger partial charge in [-0.25, -0.2) is 0 Å². The van der Waals surface area contributed by atoms with E-state index in [-0.39, 0.29) is 24.5 Å². The van der Waals surface area contributed by atoms with Crippen molar-refractivity contribution in [1.29, 1.82) is 5.26 Å². The van der Waals surface area contributed by atoms with Crippen molar-refractivity contribution in [2.24, 2.45) is 0 Å². The van der Waals surface area contributed by atoms with Gasteiger partial charge in [-0.15, -0.1) is 0 Å². The molecule has 78 valence electrons. The quantitative estimate of drug-likeness (QED) is 0.584. The molecule has 0 aliphatic heterocycles. The number of nitriles is 1. The summed E-state index contributed by atoms with van der Waals surface area (Å²) in [5, 5.41) is 27.6. The lowest BCUT2D eigenvalue weighted by atomic mass is 10.2. The van der Waals surface area contributed by atoms with E-state index in [9.17, 15) is 10.1 Å². The molecule has 0 aromatic heterocycles. The highest BCUT2D eigenvalue weighted by molar-refractivity contribution is 5.52. The van der Waals surface area contributed by atoms with Gasteiger partial charge in [-0.2, -0.15) is 5.26 Å². The smallest absolute Gasteiger partial charge is 0.287 e. The molecular formula is C9H8N2O4. The lowest BCUT2D eigenvalue weighted by Crippen LogP contribution is -2.02. The summed E-state index contributed by atoms with van der Waals surface area (Å²) < 4.78 is 5.01. The van der Waals surface area contributed by atoms with Crippen molar-refractivity contribution < 1.29 is 14.8 Å². The van der Waals surface area contributed by atoms with Gasteiger partial charge in [-0.05, 0) is 6.07 Å². The molecule has 1 aromatic rings. The zero-order valence-corrected chi connectivity index (χ0v) is 7.71. The van der Waals surface area contributed by atoms with Crippen LogP contribution in [-0.2, 0) is 0 Å². The predicted octanol–water partition coefficient (Wildman–Crippen LogP) is 0.838. The first-order valence-corrected chi connectivity index (χ1v) is 4.11. The minimum Gasteiger partial charge on any atom is -0.491 e. The van der Waals surface area contributed by atoms with E-state index in [1.54, 1.807) is 6.07 Å². The number of benzene rings is 1. The minimum absolute atomic E-state index is 0.0598. The number of ether oxygens (including phenoxy) is 1. The Kier molecular flexibility index (Phi) is 3.60. The number of hydrogen-bond acceptors (Lipinski definition) is 5. The molecule has 0 spiro atoms. The van der Waals surface area contributed by atoms with Gasteiger partial charge in [0.25, 0.3) is 5.69 Å². The molecule has 0 fully saturated rings. The first kappa shape index (κ1) is 10.9. The molecule has 15 heavy (non-hydrogen) atoms. The lowest BCUT2D eigenvalue weighted by molar-refractivity contribution is -0.385. The third-order valence-corrected chi connectivity index (χ3v) is 1.65. The summed E-state index contributed by atoms with van der Waals surface area (Å²) in [5.74, 6) is 0.325.